The van der Waals surface area contributed by atoms with Crippen molar-refractivity contribution in [2.45, 2.75) is 26.2 Å². The fraction of sp³-hybridized carbons (Fsp3) is 0.714. The van der Waals surface area contributed by atoms with Crippen LogP contribution in [0.5, 0.6) is 0 Å². The standard InChI is InChI=1S/C14H23N5O3/c1-3-11-16-12(22-17-11)4-5-13(20)19-7-6-18(2)8-10(9-19)14(15)21/h10H,3-9H2,1-2H3,(H2,15,21)/t10-/m1/s1. The first kappa shape index (κ1) is 16.4. The van der Waals surface area contributed by atoms with Gasteiger partial charge in [0, 0.05) is 45.4 Å². The maximum atomic E-state index is 12.3. The van der Waals surface area contributed by atoms with Crippen molar-refractivity contribution in [3.63, 3.8) is 0 Å². The molecule has 2 N–H and O–H groups in total. The lowest BCUT2D eigenvalue weighted by Gasteiger charge is -2.22. The first-order valence-corrected chi connectivity index (χ1v) is 7.56. The van der Waals surface area contributed by atoms with Crippen LogP contribution >= 0.6 is 0 Å². The highest BCUT2D eigenvalue weighted by Crippen LogP contribution is 2.11. The van der Waals surface area contributed by atoms with E-state index in [1.165, 1.54) is 0 Å². The van der Waals surface area contributed by atoms with E-state index in [0.717, 1.165) is 6.54 Å². The number of amides is 2. The number of hydrogen-bond donors (Lipinski definition) is 1. The van der Waals surface area contributed by atoms with Crippen LogP contribution in [-0.4, -0.2) is 65.0 Å². The molecule has 0 aromatic carbocycles. The van der Waals surface area contributed by atoms with Crippen LogP contribution in [0.15, 0.2) is 4.52 Å². The van der Waals surface area contributed by atoms with Crippen LogP contribution in [0.1, 0.15) is 25.1 Å². The molecular weight excluding hydrogens is 286 g/mol. The Morgan fingerprint density at radius 2 is 2.14 bits per heavy atom. The van der Waals surface area contributed by atoms with Gasteiger partial charge in [0.1, 0.15) is 0 Å². The SMILES string of the molecule is CCc1noc(CCC(=O)N2CCN(C)C[C@@H](C(N)=O)C2)n1. The lowest BCUT2D eigenvalue weighted by atomic mass is 10.1. The van der Waals surface area contributed by atoms with Crippen LogP contribution in [0.2, 0.25) is 0 Å². The highest BCUT2D eigenvalue weighted by Gasteiger charge is 2.27. The van der Waals surface area contributed by atoms with Crippen molar-refractivity contribution >= 4 is 11.8 Å². The van der Waals surface area contributed by atoms with Gasteiger partial charge in [-0.1, -0.05) is 12.1 Å². The first-order valence-electron chi connectivity index (χ1n) is 7.56. The molecule has 0 unspecified atom stereocenters. The number of primary amides is 1. The molecule has 8 heteroatoms. The van der Waals surface area contributed by atoms with Crippen LogP contribution in [0, 0.1) is 5.92 Å². The second kappa shape index (κ2) is 7.35. The summed E-state index contributed by atoms with van der Waals surface area (Å²) in [4.78, 5) is 31.7. The van der Waals surface area contributed by atoms with E-state index < -0.39 is 0 Å². The van der Waals surface area contributed by atoms with E-state index >= 15 is 0 Å². The Hall–Kier alpha value is -1.96. The number of carbonyl (C=O) groups excluding carboxylic acids is 2. The molecule has 1 atom stereocenters. The van der Waals surface area contributed by atoms with Crippen LogP contribution in [0.3, 0.4) is 0 Å². The van der Waals surface area contributed by atoms with Crippen molar-refractivity contribution in [1.29, 1.82) is 0 Å². The zero-order valence-corrected chi connectivity index (χ0v) is 13.1. The average molecular weight is 309 g/mol. The minimum atomic E-state index is -0.365. The first-order chi connectivity index (χ1) is 10.5. The Morgan fingerprint density at radius 3 is 2.77 bits per heavy atom. The van der Waals surface area contributed by atoms with Gasteiger partial charge >= 0.3 is 0 Å². The highest BCUT2D eigenvalue weighted by atomic mass is 16.5. The Labute approximate surface area is 129 Å². The molecule has 1 saturated heterocycles. The molecule has 2 rings (SSSR count). The molecule has 1 aromatic rings. The van der Waals surface area contributed by atoms with Gasteiger partial charge in [-0.25, -0.2) is 0 Å². The molecule has 0 aliphatic carbocycles. The molecule has 122 valence electrons. The zero-order chi connectivity index (χ0) is 16.1. The molecule has 22 heavy (non-hydrogen) atoms. The van der Waals surface area contributed by atoms with E-state index in [9.17, 15) is 9.59 Å². The molecule has 0 radical (unpaired) electrons. The number of likely N-dealkylation sites (N-methyl/N-ethyl adjacent to an activating group) is 1. The average Bonchev–Trinajstić information content (AvgIpc) is 2.86. The molecule has 1 aliphatic heterocycles. The summed E-state index contributed by atoms with van der Waals surface area (Å²) < 4.78 is 5.08. The Kier molecular flexibility index (Phi) is 5.48. The summed E-state index contributed by atoms with van der Waals surface area (Å²) in [5.41, 5.74) is 5.41. The smallest absolute Gasteiger partial charge is 0.227 e. The fourth-order valence-corrected chi connectivity index (χ4v) is 2.49. The third kappa shape index (κ3) is 4.27. The van der Waals surface area contributed by atoms with Crippen molar-refractivity contribution in [2.24, 2.45) is 11.7 Å². The number of hydrogen-bond acceptors (Lipinski definition) is 6. The largest absolute Gasteiger partial charge is 0.369 e. The topological polar surface area (TPSA) is 106 Å². The minimum Gasteiger partial charge on any atom is -0.369 e. The van der Waals surface area contributed by atoms with Gasteiger partial charge in [-0.05, 0) is 7.05 Å². The summed E-state index contributed by atoms with van der Waals surface area (Å²) in [5.74, 6) is 0.414. The van der Waals surface area contributed by atoms with Gasteiger partial charge in [-0.15, -0.1) is 0 Å². The summed E-state index contributed by atoms with van der Waals surface area (Å²) in [6.45, 7) is 4.24. The third-order valence-electron chi connectivity index (χ3n) is 3.86. The van der Waals surface area contributed by atoms with Gasteiger partial charge < -0.3 is 20.1 Å². The van der Waals surface area contributed by atoms with Gasteiger partial charge in [0.15, 0.2) is 5.82 Å². The van der Waals surface area contributed by atoms with E-state index in [2.05, 4.69) is 10.1 Å². The number of aryl methyl sites for hydroxylation is 2. The molecule has 2 heterocycles. The Morgan fingerprint density at radius 1 is 1.36 bits per heavy atom. The summed E-state index contributed by atoms with van der Waals surface area (Å²) in [6.07, 6.45) is 1.41. The second-order valence-corrected chi connectivity index (χ2v) is 5.66. The molecule has 1 fully saturated rings. The quantitative estimate of drug-likeness (QED) is 0.781. The molecule has 0 saturated carbocycles. The van der Waals surface area contributed by atoms with Crippen LogP contribution < -0.4 is 5.73 Å². The molecule has 2 amide bonds. The maximum absolute atomic E-state index is 12.3. The van der Waals surface area contributed by atoms with Crippen LogP contribution in [-0.2, 0) is 22.4 Å². The summed E-state index contributed by atoms with van der Waals surface area (Å²) in [6, 6.07) is 0. The zero-order valence-electron chi connectivity index (χ0n) is 13.1. The van der Waals surface area contributed by atoms with Gasteiger partial charge in [-0.2, -0.15) is 4.98 Å². The number of rotatable bonds is 5. The molecule has 8 nitrogen and oxygen atoms in total. The van der Waals surface area contributed by atoms with E-state index in [4.69, 9.17) is 10.3 Å². The Bertz CT molecular complexity index is 530. The number of aromatic nitrogens is 2. The lowest BCUT2D eigenvalue weighted by molar-refractivity contribution is -0.132. The molecule has 0 bridgehead atoms. The van der Waals surface area contributed by atoms with Crippen molar-refractivity contribution < 1.29 is 14.1 Å². The van der Waals surface area contributed by atoms with Crippen molar-refractivity contribution in [2.75, 3.05) is 33.2 Å². The second-order valence-electron chi connectivity index (χ2n) is 5.66. The predicted molar refractivity (Wildman–Crippen MR) is 78.8 cm³/mol. The minimum absolute atomic E-state index is 0.0159. The predicted octanol–water partition coefficient (Wildman–Crippen LogP) is -0.560. The van der Waals surface area contributed by atoms with E-state index in [-0.39, 0.29) is 17.7 Å². The van der Waals surface area contributed by atoms with Gasteiger partial charge in [0.05, 0.1) is 5.92 Å². The number of carbonyl (C=O) groups is 2. The van der Waals surface area contributed by atoms with Gasteiger partial charge in [-0.3, -0.25) is 9.59 Å². The summed E-state index contributed by atoms with van der Waals surface area (Å²) in [7, 11) is 1.93. The summed E-state index contributed by atoms with van der Waals surface area (Å²) in [5, 5.41) is 3.81. The molecule has 1 aliphatic rings. The third-order valence-corrected chi connectivity index (χ3v) is 3.86. The van der Waals surface area contributed by atoms with Gasteiger partial charge in [0.25, 0.3) is 0 Å². The summed E-state index contributed by atoms with van der Waals surface area (Å²) >= 11 is 0. The normalized spacial score (nSPS) is 19.9. The maximum Gasteiger partial charge on any atom is 0.227 e. The molecule has 1 aromatic heterocycles. The van der Waals surface area contributed by atoms with Crippen molar-refractivity contribution in [3.8, 4) is 0 Å². The van der Waals surface area contributed by atoms with E-state index in [1.54, 1.807) is 4.90 Å². The van der Waals surface area contributed by atoms with Crippen LogP contribution in [0.4, 0.5) is 0 Å². The van der Waals surface area contributed by atoms with Gasteiger partial charge in [0.2, 0.25) is 17.7 Å². The van der Waals surface area contributed by atoms with E-state index in [0.29, 0.717) is 50.6 Å². The number of nitrogens with two attached hydrogens (primary N) is 1. The Balaban J connectivity index is 1.91. The van der Waals surface area contributed by atoms with Crippen LogP contribution in [0.25, 0.3) is 0 Å². The highest BCUT2D eigenvalue weighted by molar-refractivity contribution is 5.80. The monoisotopic (exact) mass is 309 g/mol. The van der Waals surface area contributed by atoms with Crippen molar-refractivity contribution in [3.05, 3.63) is 11.7 Å². The van der Waals surface area contributed by atoms with E-state index in [1.807, 2.05) is 18.9 Å². The fourth-order valence-electron chi connectivity index (χ4n) is 2.49. The van der Waals surface area contributed by atoms with Crippen molar-refractivity contribution in [1.82, 2.24) is 19.9 Å². The number of nitrogens with zero attached hydrogens (tertiary/aromatic N) is 4. The molecular formula is C14H23N5O3. The lowest BCUT2D eigenvalue weighted by Crippen LogP contribution is -2.40. The molecule has 0 spiro atoms.